The van der Waals surface area contributed by atoms with Gasteiger partial charge in [0.25, 0.3) is 0 Å². The van der Waals surface area contributed by atoms with Crippen LogP contribution in [0.25, 0.3) is 0 Å². The van der Waals surface area contributed by atoms with Gasteiger partial charge in [0.05, 0.1) is 0 Å². The van der Waals surface area contributed by atoms with Gasteiger partial charge in [0.15, 0.2) is 5.76 Å². The van der Waals surface area contributed by atoms with Gasteiger partial charge >= 0.3 is 0 Å². The molecule has 104 valence electrons. The van der Waals surface area contributed by atoms with Gasteiger partial charge in [-0.05, 0) is 42.5 Å². The highest BCUT2D eigenvalue weighted by atomic mass is 16.5. The Labute approximate surface area is 118 Å². The Bertz CT molecular complexity index is 612. The minimum absolute atomic E-state index is 0.0337. The fraction of sp³-hybridized carbons (Fsp3) is 0.353. The minimum Gasteiger partial charge on any atom is -0.456 e. The lowest BCUT2D eigenvalue weighted by molar-refractivity contribution is 0.0871. The van der Waals surface area contributed by atoms with Gasteiger partial charge in [0.1, 0.15) is 12.4 Å². The first-order chi connectivity index (χ1) is 9.78. The average Bonchev–Trinajstić information content (AvgIpc) is 2.95. The highest BCUT2D eigenvalue weighted by Gasteiger charge is 2.27. The predicted octanol–water partition coefficient (Wildman–Crippen LogP) is 3.41. The Morgan fingerprint density at radius 3 is 2.85 bits per heavy atom. The summed E-state index contributed by atoms with van der Waals surface area (Å²) in [6.07, 6.45) is 2.68. The molecule has 0 saturated carbocycles. The largest absolute Gasteiger partial charge is 0.456 e. The van der Waals surface area contributed by atoms with E-state index in [9.17, 15) is 4.79 Å². The van der Waals surface area contributed by atoms with Gasteiger partial charge in [-0.3, -0.25) is 4.79 Å². The second-order valence-electron chi connectivity index (χ2n) is 5.27. The third-order valence-corrected chi connectivity index (χ3v) is 3.91. The summed E-state index contributed by atoms with van der Waals surface area (Å²) in [6, 6.07) is 11.9. The zero-order valence-corrected chi connectivity index (χ0v) is 11.6. The second kappa shape index (κ2) is 5.63. The summed E-state index contributed by atoms with van der Waals surface area (Å²) in [5, 5.41) is 0. The van der Waals surface area contributed by atoms with Gasteiger partial charge in [0.2, 0.25) is 5.78 Å². The quantitative estimate of drug-likeness (QED) is 0.799. The number of Topliss-reactive ketones (excluding diaryl/α,β-unsaturated/α-hetero) is 1. The van der Waals surface area contributed by atoms with Crippen LogP contribution in [0.1, 0.15) is 33.9 Å². The summed E-state index contributed by atoms with van der Waals surface area (Å²) in [4.78, 5) is 12.5. The van der Waals surface area contributed by atoms with Crippen LogP contribution in [0.2, 0.25) is 0 Å². The molecule has 0 bridgehead atoms. The SMILES string of the molecule is COCc1ccc(C(=O)C2CCc3ccccc3C2)o1. The third kappa shape index (κ3) is 2.54. The van der Waals surface area contributed by atoms with E-state index in [1.54, 1.807) is 13.2 Å². The monoisotopic (exact) mass is 270 g/mol. The Kier molecular flexibility index (Phi) is 3.70. The normalized spacial score (nSPS) is 17.8. The summed E-state index contributed by atoms with van der Waals surface area (Å²) >= 11 is 0. The number of fused-ring (bicyclic) bond motifs is 1. The molecule has 0 radical (unpaired) electrons. The van der Waals surface area contributed by atoms with Crippen LogP contribution in [-0.4, -0.2) is 12.9 Å². The lowest BCUT2D eigenvalue weighted by atomic mass is 9.81. The smallest absolute Gasteiger partial charge is 0.201 e. The van der Waals surface area contributed by atoms with Crippen LogP contribution >= 0.6 is 0 Å². The highest BCUT2D eigenvalue weighted by Crippen LogP contribution is 2.28. The van der Waals surface area contributed by atoms with E-state index in [2.05, 4.69) is 18.2 Å². The molecule has 20 heavy (non-hydrogen) atoms. The van der Waals surface area contributed by atoms with E-state index in [0.29, 0.717) is 18.1 Å². The van der Waals surface area contributed by atoms with Crippen LogP contribution in [0.5, 0.6) is 0 Å². The summed E-state index contributed by atoms with van der Waals surface area (Å²) in [7, 11) is 1.61. The number of hydrogen-bond donors (Lipinski definition) is 0. The highest BCUT2D eigenvalue weighted by molar-refractivity contribution is 5.95. The van der Waals surface area contributed by atoms with Gasteiger partial charge in [-0.25, -0.2) is 0 Å². The van der Waals surface area contributed by atoms with Crippen molar-refractivity contribution in [2.45, 2.75) is 25.9 Å². The van der Waals surface area contributed by atoms with Gasteiger partial charge in [-0.2, -0.15) is 0 Å². The van der Waals surface area contributed by atoms with Crippen molar-refractivity contribution in [3.8, 4) is 0 Å². The van der Waals surface area contributed by atoms with Crippen molar-refractivity contribution >= 4 is 5.78 Å². The van der Waals surface area contributed by atoms with Gasteiger partial charge < -0.3 is 9.15 Å². The van der Waals surface area contributed by atoms with Crippen LogP contribution in [0.3, 0.4) is 0 Å². The van der Waals surface area contributed by atoms with Crippen molar-refractivity contribution in [3.05, 3.63) is 59.0 Å². The van der Waals surface area contributed by atoms with Crippen molar-refractivity contribution in [2.24, 2.45) is 5.92 Å². The van der Waals surface area contributed by atoms with E-state index in [1.807, 2.05) is 12.1 Å². The molecule has 0 saturated heterocycles. The molecule has 1 aromatic carbocycles. The lowest BCUT2D eigenvalue weighted by Gasteiger charge is -2.22. The zero-order valence-electron chi connectivity index (χ0n) is 11.6. The van der Waals surface area contributed by atoms with E-state index in [4.69, 9.17) is 9.15 Å². The maximum absolute atomic E-state index is 12.5. The van der Waals surface area contributed by atoms with Crippen LogP contribution in [-0.2, 0) is 24.2 Å². The standard InChI is InChI=1S/C17H18O3/c1-19-11-15-8-9-16(20-15)17(18)14-7-6-12-4-2-3-5-13(12)10-14/h2-5,8-9,14H,6-7,10-11H2,1H3. The molecule has 0 amide bonds. The Morgan fingerprint density at radius 1 is 1.25 bits per heavy atom. The van der Waals surface area contributed by atoms with Crippen molar-refractivity contribution in [1.29, 1.82) is 0 Å². The zero-order chi connectivity index (χ0) is 13.9. The van der Waals surface area contributed by atoms with E-state index >= 15 is 0 Å². The van der Waals surface area contributed by atoms with E-state index in [1.165, 1.54) is 11.1 Å². The summed E-state index contributed by atoms with van der Waals surface area (Å²) in [5.74, 6) is 1.31. The second-order valence-corrected chi connectivity index (χ2v) is 5.27. The van der Waals surface area contributed by atoms with Crippen LogP contribution in [0.15, 0.2) is 40.8 Å². The Morgan fingerprint density at radius 2 is 2.05 bits per heavy atom. The maximum atomic E-state index is 12.5. The molecule has 0 fully saturated rings. The van der Waals surface area contributed by atoms with Crippen molar-refractivity contribution in [3.63, 3.8) is 0 Å². The molecule has 1 aliphatic rings. The van der Waals surface area contributed by atoms with E-state index in [-0.39, 0.29) is 11.7 Å². The molecule has 1 heterocycles. The number of ketones is 1. The lowest BCUT2D eigenvalue weighted by Crippen LogP contribution is -2.22. The molecular formula is C17H18O3. The van der Waals surface area contributed by atoms with Gasteiger partial charge in [-0.1, -0.05) is 24.3 Å². The van der Waals surface area contributed by atoms with Crippen LogP contribution in [0.4, 0.5) is 0 Å². The topological polar surface area (TPSA) is 39.4 Å². The molecule has 0 N–H and O–H groups in total. The predicted molar refractivity (Wildman–Crippen MR) is 75.7 cm³/mol. The molecule has 0 aliphatic heterocycles. The van der Waals surface area contributed by atoms with Crippen LogP contribution in [0, 0.1) is 5.92 Å². The molecule has 1 unspecified atom stereocenters. The fourth-order valence-corrected chi connectivity index (χ4v) is 2.85. The van der Waals surface area contributed by atoms with Gasteiger partial charge in [0, 0.05) is 13.0 Å². The molecule has 1 aromatic heterocycles. The molecule has 3 heteroatoms. The Balaban J connectivity index is 1.75. The number of furan rings is 1. The molecular weight excluding hydrogens is 252 g/mol. The number of methoxy groups -OCH3 is 1. The number of benzene rings is 1. The number of carbonyl (C=O) groups excluding carboxylic acids is 1. The maximum Gasteiger partial charge on any atom is 0.201 e. The first-order valence-corrected chi connectivity index (χ1v) is 6.96. The summed E-state index contributed by atoms with van der Waals surface area (Å²) in [6.45, 7) is 0.404. The number of ether oxygens (including phenoxy) is 1. The fourth-order valence-electron chi connectivity index (χ4n) is 2.85. The average molecular weight is 270 g/mol. The molecule has 1 atom stereocenters. The molecule has 3 nitrogen and oxygen atoms in total. The van der Waals surface area contributed by atoms with Crippen LogP contribution < -0.4 is 0 Å². The number of aryl methyl sites for hydroxylation is 1. The molecule has 0 spiro atoms. The molecule has 1 aliphatic carbocycles. The summed E-state index contributed by atoms with van der Waals surface area (Å²) in [5.41, 5.74) is 2.66. The summed E-state index contributed by atoms with van der Waals surface area (Å²) < 4.78 is 10.6. The van der Waals surface area contributed by atoms with Crippen molar-refractivity contribution < 1.29 is 13.9 Å². The number of carbonyl (C=O) groups is 1. The first kappa shape index (κ1) is 13.1. The number of hydrogen-bond acceptors (Lipinski definition) is 3. The Hall–Kier alpha value is -1.87. The van der Waals surface area contributed by atoms with Gasteiger partial charge in [-0.15, -0.1) is 0 Å². The van der Waals surface area contributed by atoms with E-state index in [0.717, 1.165) is 19.3 Å². The first-order valence-electron chi connectivity index (χ1n) is 6.96. The third-order valence-electron chi connectivity index (χ3n) is 3.91. The van der Waals surface area contributed by atoms with E-state index < -0.39 is 0 Å². The minimum atomic E-state index is 0.0337. The number of rotatable bonds is 4. The molecule has 2 aromatic rings. The van der Waals surface area contributed by atoms with Crippen molar-refractivity contribution in [1.82, 2.24) is 0 Å². The molecule has 3 rings (SSSR count). The van der Waals surface area contributed by atoms with Crippen molar-refractivity contribution in [2.75, 3.05) is 7.11 Å².